The molecule has 2 atom stereocenters. The van der Waals surface area contributed by atoms with E-state index in [1.54, 1.807) is 6.07 Å². The first-order valence-corrected chi connectivity index (χ1v) is 9.73. The van der Waals surface area contributed by atoms with E-state index >= 15 is 0 Å². The predicted molar refractivity (Wildman–Crippen MR) is 97.2 cm³/mol. The van der Waals surface area contributed by atoms with E-state index in [1.807, 2.05) is 12.1 Å². The molecule has 3 N–H and O–H groups in total. The van der Waals surface area contributed by atoms with Gasteiger partial charge in [0.15, 0.2) is 0 Å². The van der Waals surface area contributed by atoms with Crippen LogP contribution in [-0.4, -0.2) is 33.4 Å². The largest absolute Gasteiger partial charge is 0.366 e. The minimum atomic E-state index is -0.402. The lowest BCUT2D eigenvalue weighted by atomic mass is 9.88. The number of rotatable bonds is 3. The minimum Gasteiger partial charge on any atom is -0.366 e. The number of carbonyl (C=O) groups excluding carboxylic acids is 1. The Morgan fingerprint density at radius 3 is 2.84 bits per heavy atom. The van der Waals surface area contributed by atoms with Crippen molar-refractivity contribution in [2.45, 2.75) is 62.9 Å². The second-order valence-electron chi connectivity index (χ2n) is 8.24. The van der Waals surface area contributed by atoms with Crippen LogP contribution in [0.3, 0.4) is 0 Å². The van der Waals surface area contributed by atoms with Gasteiger partial charge in [0.05, 0.1) is 16.6 Å². The first-order valence-electron chi connectivity index (χ1n) is 9.73. The number of para-hydroxylation sites is 1. The quantitative estimate of drug-likeness (QED) is 0.901. The summed E-state index contributed by atoms with van der Waals surface area (Å²) < 4.78 is 0. The van der Waals surface area contributed by atoms with Gasteiger partial charge in [-0.1, -0.05) is 25.3 Å². The molecular formula is C20H26N4O. The summed E-state index contributed by atoms with van der Waals surface area (Å²) in [5.74, 6) is 1.45. The fourth-order valence-corrected chi connectivity index (χ4v) is 5.69. The van der Waals surface area contributed by atoms with E-state index in [-0.39, 0.29) is 5.54 Å². The number of aromatic nitrogens is 2. The van der Waals surface area contributed by atoms with Crippen LogP contribution in [0.15, 0.2) is 18.2 Å². The zero-order valence-corrected chi connectivity index (χ0v) is 14.6. The summed E-state index contributed by atoms with van der Waals surface area (Å²) in [5.41, 5.74) is 7.79. The molecule has 2 saturated carbocycles. The predicted octanol–water partition coefficient (Wildman–Crippen LogP) is 3.31. The number of benzene rings is 1. The molecule has 5 nitrogen and oxygen atoms in total. The van der Waals surface area contributed by atoms with Crippen LogP contribution in [0.1, 0.15) is 67.5 Å². The Balaban J connectivity index is 1.59. The zero-order valence-electron chi connectivity index (χ0n) is 14.6. The molecule has 1 aliphatic heterocycles. The lowest BCUT2D eigenvalue weighted by molar-refractivity contribution is 0.0398. The van der Waals surface area contributed by atoms with Gasteiger partial charge < -0.3 is 10.7 Å². The molecule has 0 radical (unpaired) electrons. The Bertz CT molecular complexity index is 822. The van der Waals surface area contributed by atoms with Crippen LogP contribution in [0.25, 0.3) is 11.0 Å². The molecule has 0 spiro atoms. The van der Waals surface area contributed by atoms with Gasteiger partial charge in [-0.25, -0.2) is 4.98 Å². The van der Waals surface area contributed by atoms with E-state index in [1.165, 1.54) is 57.9 Å². The van der Waals surface area contributed by atoms with E-state index < -0.39 is 5.91 Å². The van der Waals surface area contributed by atoms with Gasteiger partial charge in [-0.05, 0) is 50.2 Å². The van der Waals surface area contributed by atoms with Crippen LogP contribution in [0.4, 0.5) is 0 Å². The molecule has 3 aliphatic rings. The van der Waals surface area contributed by atoms with Gasteiger partial charge in [-0.15, -0.1) is 0 Å². The number of H-pyrrole nitrogens is 1. The molecule has 25 heavy (non-hydrogen) atoms. The lowest BCUT2D eigenvalue weighted by Crippen LogP contribution is -2.49. The number of nitrogens with two attached hydrogens (primary N) is 1. The average molecular weight is 338 g/mol. The Hall–Kier alpha value is -1.88. The second kappa shape index (κ2) is 5.56. The van der Waals surface area contributed by atoms with Gasteiger partial charge in [0, 0.05) is 12.6 Å². The number of piperidine rings is 1. The SMILES string of the molecule is NC(=O)c1cccc2[nH]c([C@@]34CC[C@H](CN3C3CCCCC3)C4)nc12. The number of amides is 1. The number of nitrogens with one attached hydrogen (secondary N) is 1. The van der Waals surface area contributed by atoms with E-state index in [0.29, 0.717) is 11.6 Å². The van der Waals surface area contributed by atoms with Gasteiger partial charge in [0.1, 0.15) is 11.3 Å². The first kappa shape index (κ1) is 15.4. The number of imidazole rings is 1. The van der Waals surface area contributed by atoms with Crippen molar-refractivity contribution in [3.8, 4) is 0 Å². The Labute approximate surface area is 148 Å². The fraction of sp³-hybridized carbons (Fsp3) is 0.600. The number of fused-ring (bicyclic) bond motifs is 3. The molecule has 3 fully saturated rings. The number of likely N-dealkylation sites (tertiary alicyclic amines) is 1. The fourth-order valence-electron chi connectivity index (χ4n) is 5.69. The van der Waals surface area contributed by atoms with Crippen LogP contribution in [0.2, 0.25) is 0 Å². The first-order chi connectivity index (χ1) is 12.2. The maximum Gasteiger partial charge on any atom is 0.250 e. The summed E-state index contributed by atoms with van der Waals surface area (Å²) in [6, 6.07) is 6.36. The van der Waals surface area contributed by atoms with Crippen LogP contribution in [-0.2, 0) is 5.54 Å². The lowest BCUT2D eigenvalue weighted by Gasteiger charge is -2.44. The molecule has 1 saturated heterocycles. The molecule has 2 aliphatic carbocycles. The molecule has 5 heteroatoms. The summed E-state index contributed by atoms with van der Waals surface area (Å²) >= 11 is 0. The third-order valence-corrected chi connectivity index (χ3v) is 6.83. The van der Waals surface area contributed by atoms with Crippen molar-refractivity contribution in [2.24, 2.45) is 11.7 Å². The number of primary amides is 1. The molecule has 1 aromatic carbocycles. The highest BCUT2D eigenvalue weighted by Crippen LogP contribution is 2.54. The second-order valence-corrected chi connectivity index (χ2v) is 8.24. The van der Waals surface area contributed by atoms with Gasteiger partial charge in [0.25, 0.3) is 5.91 Å². The van der Waals surface area contributed by atoms with Crippen molar-refractivity contribution < 1.29 is 4.79 Å². The summed E-state index contributed by atoms with van der Waals surface area (Å²) in [4.78, 5) is 23.0. The summed E-state index contributed by atoms with van der Waals surface area (Å²) in [7, 11) is 0. The number of hydrogen-bond donors (Lipinski definition) is 2. The normalized spacial score (nSPS) is 30.3. The van der Waals surface area contributed by atoms with Crippen LogP contribution < -0.4 is 5.73 Å². The monoisotopic (exact) mass is 338 g/mol. The molecule has 2 heterocycles. The van der Waals surface area contributed by atoms with Crippen molar-refractivity contribution >= 4 is 16.9 Å². The maximum absolute atomic E-state index is 11.8. The minimum absolute atomic E-state index is 0.0423. The molecule has 0 unspecified atom stereocenters. The molecule has 132 valence electrons. The molecule has 1 amide bonds. The van der Waals surface area contributed by atoms with Crippen molar-refractivity contribution in [1.82, 2.24) is 14.9 Å². The Morgan fingerprint density at radius 2 is 2.08 bits per heavy atom. The summed E-state index contributed by atoms with van der Waals surface area (Å²) in [5, 5.41) is 0. The van der Waals surface area contributed by atoms with E-state index in [2.05, 4.69) is 9.88 Å². The van der Waals surface area contributed by atoms with Crippen molar-refractivity contribution in [1.29, 1.82) is 0 Å². The van der Waals surface area contributed by atoms with Crippen molar-refractivity contribution in [3.05, 3.63) is 29.6 Å². The van der Waals surface area contributed by atoms with E-state index in [0.717, 1.165) is 22.8 Å². The topological polar surface area (TPSA) is 75.0 Å². The van der Waals surface area contributed by atoms with Crippen LogP contribution in [0.5, 0.6) is 0 Å². The molecule has 2 bridgehead atoms. The highest BCUT2D eigenvalue weighted by molar-refractivity contribution is 6.04. The molecule has 5 rings (SSSR count). The smallest absolute Gasteiger partial charge is 0.250 e. The molecule has 2 aromatic rings. The van der Waals surface area contributed by atoms with Gasteiger partial charge in [-0.3, -0.25) is 9.69 Å². The third kappa shape index (κ3) is 2.25. The number of hydrogen-bond acceptors (Lipinski definition) is 3. The highest BCUT2D eigenvalue weighted by Gasteiger charge is 2.55. The van der Waals surface area contributed by atoms with Crippen LogP contribution >= 0.6 is 0 Å². The third-order valence-electron chi connectivity index (χ3n) is 6.83. The van der Waals surface area contributed by atoms with Crippen molar-refractivity contribution in [2.75, 3.05) is 6.54 Å². The van der Waals surface area contributed by atoms with Gasteiger partial charge >= 0.3 is 0 Å². The highest BCUT2D eigenvalue weighted by atomic mass is 16.1. The maximum atomic E-state index is 11.8. The summed E-state index contributed by atoms with van der Waals surface area (Å²) in [6.45, 7) is 1.21. The van der Waals surface area contributed by atoms with Gasteiger partial charge in [-0.2, -0.15) is 0 Å². The number of nitrogens with zero attached hydrogens (tertiary/aromatic N) is 2. The average Bonchev–Trinajstić information content (AvgIpc) is 3.34. The number of aromatic amines is 1. The van der Waals surface area contributed by atoms with Crippen molar-refractivity contribution in [3.63, 3.8) is 0 Å². The van der Waals surface area contributed by atoms with Gasteiger partial charge in [0.2, 0.25) is 0 Å². The van der Waals surface area contributed by atoms with E-state index in [4.69, 9.17) is 10.7 Å². The zero-order chi connectivity index (χ0) is 17.0. The standard InChI is InChI=1S/C20H26N4O/c21-18(25)15-7-4-8-16-17(15)23-19(22-16)20-10-9-13(11-20)12-24(20)14-5-2-1-3-6-14/h4,7-8,13-14H,1-3,5-6,9-12H2,(H2,21,25)(H,22,23)/t13-,20-/m0/s1. The van der Waals surface area contributed by atoms with E-state index in [9.17, 15) is 4.79 Å². The Morgan fingerprint density at radius 1 is 1.24 bits per heavy atom. The molecular weight excluding hydrogens is 312 g/mol. The summed E-state index contributed by atoms with van der Waals surface area (Å²) in [6.07, 6.45) is 10.4. The Kier molecular flexibility index (Phi) is 3.42. The van der Waals surface area contributed by atoms with Crippen LogP contribution in [0, 0.1) is 5.92 Å². The number of carbonyl (C=O) groups is 1. The molecule has 1 aromatic heterocycles.